The molecule has 0 atom stereocenters. The van der Waals surface area contributed by atoms with Crippen LogP contribution in [0.25, 0.3) is 0 Å². The zero-order chi connectivity index (χ0) is 10.5. The third kappa shape index (κ3) is 3.67. The van der Waals surface area contributed by atoms with Crippen LogP contribution in [-0.4, -0.2) is 24.1 Å². The first-order valence-corrected chi connectivity index (χ1v) is 7.93. The summed E-state index contributed by atoms with van der Waals surface area (Å²) in [5, 5.41) is 4.75. The maximum atomic E-state index is 3.80. The lowest BCUT2D eigenvalue weighted by Gasteiger charge is -2.29. The molecule has 2 rings (SSSR count). The normalized spacial score (nSPS) is 33.4. The lowest BCUT2D eigenvalue weighted by molar-refractivity contribution is 0.352. The summed E-state index contributed by atoms with van der Waals surface area (Å²) in [7, 11) is 0. The third-order valence-corrected chi connectivity index (χ3v) is 5.32. The second-order valence-electron chi connectivity index (χ2n) is 5.27. The third-order valence-electron chi connectivity index (χ3n) is 4.18. The first kappa shape index (κ1) is 11.8. The zero-order valence-electron chi connectivity index (χ0n) is 10.0. The Hall–Kier alpha value is 0.310. The molecule has 0 spiro atoms. The molecule has 2 saturated carbocycles. The van der Waals surface area contributed by atoms with E-state index < -0.39 is 0 Å². The van der Waals surface area contributed by atoms with E-state index in [1.54, 1.807) is 0 Å². The first-order valence-electron chi connectivity index (χ1n) is 6.64. The molecule has 0 aromatic rings. The molecule has 0 aromatic carbocycles. The average Bonchev–Trinajstić information content (AvgIpc) is 2.80. The van der Waals surface area contributed by atoms with Gasteiger partial charge < -0.3 is 5.32 Å². The van der Waals surface area contributed by atoms with Crippen molar-refractivity contribution in [2.24, 2.45) is 5.92 Å². The van der Waals surface area contributed by atoms with Gasteiger partial charge in [-0.25, -0.2) is 0 Å². The topological polar surface area (TPSA) is 12.0 Å². The summed E-state index contributed by atoms with van der Waals surface area (Å²) in [6.07, 6.45) is 13.9. The summed E-state index contributed by atoms with van der Waals surface area (Å²) in [5.41, 5.74) is 0. The van der Waals surface area contributed by atoms with E-state index in [-0.39, 0.29) is 0 Å². The summed E-state index contributed by atoms with van der Waals surface area (Å²) in [5.74, 6) is 1.00. The van der Waals surface area contributed by atoms with Gasteiger partial charge in [-0.2, -0.15) is 11.8 Å². The van der Waals surface area contributed by atoms with Crippen LogP contribution in [0, 0.1) is 5.92 Å². The molecular formula is C13H25NS. The SMILES string of the molecule is CSC1CCC(NCC2CCCC2)CC1. The molecule has 1 nitrogen and oxygen atoms in total. The van der Waals surface area contributed by atoms with E-state index in [1.165, 1.54) is 57.9 Å². The predicted octanol–water partition coefficient (Wildman–Crippen LogP) is 3.44. The van der Waals surface area contributed by atoms with Crippen LogP contribution < -0.4 is 5.32 Å². The van der Waals surface area contributed by atoms with E-state index in [0.29, 0.717) is 0 Å². The number of hydrogen-bond donors (Lipinski definition) is 1. The first-order chi connectivity index (χ1) is 7.38. The van der Waals surface area contributed by atoms with Crippen molar-refractivity contribution in [3.8, 4) is 0 Å². The van der Waals surface area contributed by atoms with Gasteiger partial charge in [-0.3, -0.25) is 0 Å². The van der Waals surface area contributed by atoms with Crippen LogP contribution >= 0.6 is 11.8 Å². The molecule has 2 aliphatic carbocycles. The van der Waals surface area contributed by atoms with Crippen molar-refractivity contribution < 1.29 is 0 Å². The van der Waals surface area contributed by atoms with Crippen LogP contribution in [0.15, 0.2) is 0 Å². The van der Waals surface area contributed by atoms with Crippen LogP contribution in [0.4, 0.5) is 0 Å². The Balaban J connectivity index is 1.59. The number of rotatable bonds is 4. The van der Waals surface area contributed by atoms with Crippen LogP contribution in [0.3, 0.4) is 0 Å². The van der Waals surface area contributed by atoms with Crippen molar-refractivity contribution in [3.63, 3.8) is 0 Å². The summed E-state index contributed by atoms with van der Waals surface area (Å²) in [6, 6.07) is 0.842. The summed E-state index contributed by atoms with van der Waals surface area (Å²) in [6.45, 7) is 1.30. The van der Waals surface area contributed by atoms with E-state index in [0.717, 1.165) is 17.2 Å². The van der Waals surface area contributed by atoms with Gasteiger partial charge in [0.25, 0.3) is 0 Å². The van der Waals surface area contributed by atoms with Gasteiger partial charge in [-0.05, 0) is 57.2 Å². The molecule has 0 unspecified atom stereocenters. The van der Waals surface area contributed by atoms with Crippen molar-refractivity contribution >= 4 is 11.8 Å². The van der Waals surface area contributed by atoms with E-state index >= 15 is 0 Å². The molecule has 15 heavy (non-hydrogen) atoms. The fraction of sp³-hybridized carbons (Fsp3) is 1.00. The quantitative estimate of drug-likeness (QED) is 0.789. The molecule has 1 N–H and O–H groups in total. The Kier molecular flexibility index (Phi) is 4.83. The van der Waals surface area contributed by atoms with Gasteiger partial charge >= 0.3 is 0 Å². The van der Waals surface area contributed by atoms with Crippen LogP contribution in [0.1, 0.15) is 51.4 Å². The van der Waals surface area contributed by atoms with Gasteiger partial charge in [0.2, 0.25) is 0 Å². The molecule has 88 valence electrons. The van der Waals surface area contributed by atoms with Crippen molar-refractivity contribution in [3.05, 3.63) is 0 Å². The van der Waals surface area contributed by atoms with Crippen molar-refractivity contribution in [1.29, 1.82) is 0 Å². The molecule has 0 amide bonds. The molecule has 2 heteroatoms. The Morgan fingerprint density at radius 1 is 1.00 bits per heavy atom. The molecule has 0 aliphatic heterocycles. The highest BCUT2D eigenvalue weighted by molar-refractivity contribution is 7.99. The molecule has 0 saturated heterocycles. The minimum absolute atomic E-state index is 0.842. The standard InChI is InChI=1S/C13H25NS/c1-15-13-8-6-12(7-9-13)14-10-11-4-2-3-5-11/h11-14H,2-10H2,1H3. The van der Waals surface area contributed by atoms with Gasteiger partial charge in [0, 0.05) is 11.3 Å². The molecular weight excluding hydrogens is 202 g/mol. The molecule has 0 bridgehead atoms. The highest BCUT2D eigenvalue weighted by atomic mass is 32.2. The molecule has 2 fully saturated rings. The van der Waals surface area contributed by atoms with E-state index in [9.17, 15) is 0 Å². The number of hydrogen-bond acceptors (Lipinski definition) is 2. The second-order valence-corrected chi connectivity index (χ2v) is 6.41. The van der Waals surface area contributed by atoms with E-state index in [2.05, 4.69) is 23.3 Å². The smallest absolute Gasteiger partial charge is 0.00679 e. The maximum absolute atomic E-state index is 3.80. The van der Waals surface area contributed by atoms with E-state index in [4.69, 9.17) is 0 Å². The van der Waals surface area contributed by atoms with Gasteiger partial charge in [-0.15, -0.1) is 0 Å². The fourth-order valence-electron chi connectivity index (χ4n) is 3.05. The van der Waals surface area contributed by atoms with Crippen LogP contribution in [0.2, 0.25) is 0 Å². The van der Waals surface area contributed by atoms with Crippen molar-refractivity contribution in [1.82, 2.24) is 5.32 Å². The van der Waals surface area contributed by atoms with Gasteiger partial charge in [-0.1, -0.05) is 12.8 Å². The lowest BCUT2D eigenvalue weighted by Crippen LogP contribution is -2.36. The minimum Gasteiger partial charge on any atom is -0.314 e. The lowest BCUT2D eigenvalue weighted by atomic mass is 9.94. The highest BCUT2D eigenvalue weighted by Gasteiger charge is 2.21. The van der Waals surface area contributed by atoms with Crippen LogP contribution in [-0.2, 0) is 0 Å². The van der Waals surface area contributed by atoms with Crippen molar-refractivity contribution in [2.75, 3.05) is 12.8 Å². The Labute approximate surface area is 98.8 Å². The Morgan fingerprint density at radius 3 is 2.27 bits per heavy atom. The van der Waals surface area contributed by atoms with Gasteiger partial charge in [0.15, 0.2) is 0 Å². The Morgan fingerprint density at radius 2 is 1.67 bits per heavy atom. The highest BCUT2D eigenvalue weighted by Crippen LogP contribution is 2.28. The largest absolute Gasteiger partial charge is 0.314 e. The Bertz CT molecular complexity index is 169. The number of thioether (sulfide) groups is 1. The maximum Gasteiger partial charge on any atom is 0.00679 e. The molecule has 2 aliphatic rings. The minimum atomic E-state index is 0.842. The van der Waals surface area contributed by atoms with Gasteiger partial charge in [0.05, 0.1) is 0 Å². The monoisotopic (exact) mass is 227 g/mol. The predicted molar refractivity (Wildman–Crippen MR) is 69.5 cm³/mol. The summed E-state index contributed by atoms with van der Waals surface area (Å²) < 4.78 is 0. The van der Waals surface area contributed by atoms with E-state index in [1.807, 2.05) is 0 Å². The molecule has 0 heterocycles. The fourth-order valence-corrected chi connectivity index (χ4v) is 3.79. The summed E-state index contributed by atoms with van der Waals surface area (Å²) in [4.78, 5) is 0. The second kappa shape index (κ2) is 6.15. The number of nitrogens with one attached hydrogen (secondary N) is 1. The van der Waals surface area contributed by atoms with Crippen molar-refractivity contribution in [2.45, 2.75) is 62.7 Å². The molecule has 0 aromatic heterocycles. The van der Waals surface area contributed by atoms with Gasteiger partial charge in [0.1, 0.15) is 0 Å². The summed E-state index contributed by atoms with van der Waals surface area (Å²) >= 11 is 2.06. The average molecular weight is 227 g/mol. The molecule has 0 radical (unpaired) electrons. The zero-order valence-corrected chi connectivity index (χ0v) is 10.8. The van der Waals surface area contributed by atoms with Crippen LogP contribution in [0.5, 0.6) is 0 Å².